The maximum absolute atomic E-state index is 13.4. The van der Waals surface area contributed by atoms with Crippen LogP contribution in [0.2, 0.25) is 0 Å². The SMILES string of the molecule is Cl.FC(F)(F)c1ccccc1[C@H](c1ccco1)N1CCNCC1. The van der Waals surface area contributed by atoms with Crippen LogP contribution < -0.4 is 5.32 Å². The minimum atomic E-state index is -4.38. The van der Waals surface area contributed by atoms with Crippen molar-refractivity contribution in [2.75, 3.05) is 26.2 Å². The van der Waals surface area contributed by atoms with Gasteiger partial charge in [-0.3, -0.25) is 4.90 Å². The summed E-state index contributed by atoms with van der Waals surface area (Å²) in [6, 6.07) is 8.66. The fourth-order valence-corrected chi connectivity index (χ4v) is 2.91. The molecule has 1 aromatic heterocycles. The first-order chi connectivity index (χ1) is 10.6. The Bertz CT molecular complexity index is 610. The molecule has 1 saturated heterocycles. The smallest absolute Gasteiger partial charge is 0.416 e. The molecule has 0 unspecified atom stereocenters. The lowest BCUT2D eigenvalue weighted by atomic mass is 9.96. The summed E-state index contributed by atoms with van der Waals surface area (Å²) in [5.74, 6) is 0.540. The van der Waals surface area contributed by atoms with E-state index in [1.54, 1.807) is 18.2 Å². The molecule has 0 radical (unpaired) electrons. The van der Waals surface area contributed by atoms with Crippen LogP contribution in [0.5, 0.6) is 0 Å². The minimum absolute atomic E-state index is 0. The average Bonchev–Trinajstić information content (AvgIpc) is 3.02. The van der Waals surface area contributed by atoms with Gasteiger partial charge in [-0.05, 0) is 23.8 Å². The number of hydrogen-bond donors (Lipinski definition) is 1. The highest BCUT2D eigenvalue weighted by atomic mass is 35.5. The van der Waals surface area contributed by atoms with Crippen molar-refractivity contribution >= 4 is 12.4 Å². The molecule has 7 heteroatoms. The van der Waals surface area contributed by atoms with E-state index in [1.807, 2.05) is 4.90 Å². The normalized spacial score (nSPS) is 17.5. The third kappa shape index (κ3) is 3.88. The molecule has 1 atom stereocenters. The summed E-state index contributed by atoms with van der Waals surface area (Å²) in [6.07, 6.45) is -2.88. The van der Waals surface area contributed by atoms with Gasteiger partial charge in [-0.1, -0.05) is 18.2 Å². The van der Waals surface area contributed by atoms with Crippen molar-refractivity contribution in [3.05, 3.63) is 59.5 Å². The predicted octanol–water partition coefficient (Wildman–Crippen LogP) is 3.71. The molecular formula is C16H18ClF3N2O. The average molecular weight is 347 g/mol. The summed E-state index contributed by atoms with van der Waals surface area (Å²) in [7, 11) is 0. The Morgan fingerprint density at radius 1 is 1.04 bits per heavy atom. The highest BCUT2D eigenvalue weighted by Crippen LogP contribution is 2.39. The van der Waals surface area contributed by atoms with Gasteiger partial charge in [-0.15, -0.1) is 12.4 Å². The number of halogens is 4. The number of nitrogens with zero attached hydrogens (tertiary/aromatic N) is 1. The van der Waals surface area contributed by atoms with Gasteiger partial charge in [-0.2, -0.15) is 13.2 Å². The van der Waals surface area contributed by atoms with Gasteiger partial charge in [0, 0.05) is 26.2 Å². The highest BCUT2D eigenvalue weighted by Gasteiger charge is 2.37. The molecule has 0 saturated carbocycles. The fourth-order valence-electron chi connectivity index (χ4n) is 2.91. The lowest BCUT2D eigenvalue weighted by molar-refractivity contribution is -0.138. The first-order valence-corrected chi connectivity index (χ1v) is 7.21. The number of nitrogens with one attached hydrogen (secondary N) is 1. The summed E-state index contributed by atoms with van der Waals surface area (Å²) >= 11 is 0. The van der Waals surface area contributed by atoms with E-state index in [4.69, 9.17) is 4.42 Å². The van der Waals surface area contributed by atoms with E-state index in [0.29, 0.717) is 18.8 Å². The largest absolute Gasteiger partial charge is 0.467 e. The number of alkyl halides is 3. The third-order valence-corrected chi connectivity index (χ3v) is 3.89. The van der Waals surface area contributed by atoms with Gasteiger partial charge in [0.1, 0.15) is 5.76 Å². The van der Waals surface area contributed by atoms with E-state index in [-0.39, 0.29) is 18.0 Å². The Kier molecular flexibility index (Phi) is 5.73. The lowest BCUT2D eigenvalue weighted by Gasteiger charge is -2.35. The van der Waals surface area contributed by atoms with E-state index in [0.717, 1.165) is 19.2 Å². The molecule has 2 heterocycles. The topological polar surface area (TPSA) is 28.4 Å². The summed E-state index contributed by atoms with van der Waals surface area (Å²) < 4.78 is 45.5. The van der Waals surface area contributed by atoms with Gasteiger partial charge in [0.05, 0.1) is 17.9 Å². The molecule has 0 aliphatic carbocycles. The molecule has 1 aromatic carbocycles. The van der Waals surface area contributed by atoms with Crippen LogP contribution in [0, 0.1) is 0 Å². The van der Waals surface area contributed by atoms with Crippen molar-refractivity contribution in [1.82, 2.24) is 10.2 Å². The molecule has 23 heavy (non-hydrogen) atoms. The molecule has 1 N–H and O–H groups in total. The number of hydrogen-bond acceptors (Lipinski definition) is 3. The third-order valence-electron chi connectivity index (χ3n) is 3.89. The molecule has 1 aliphatic rings. The Morgan fingerprint density at radius 3 is 2.35 bits per heavy atom. The van der Waals surface area contributed by atoms with Crippen LogP contribution in [0.1, 0.15) is 22.9 Å². The molecular weight excluding hydrogens is 329 g/mol. The fraction of sp³-hybridized carbons (Fsp3) is 0.375. The molecule has 3 nitrogen and oxygen atoms in total. The van der Waals surface area contributed by atoms with Gasteiger partial charge in [-0.25, -0.2) is 0 Å². The van der Waals surface area contributed by atoms with Crippen molar-refractivity contribution in [1.29, 1.82) is 0 Å². The van der Waals surface area contributed by atoms with Gasteiger partial charge < -0.3 is 9.73 Å². The zero-order chi connectivity index (χ0) is 15.6. The van der Waals surface area contributed by atoms with Crippen LogP contribution in [0.3, 0.4) is 0 Å². The van der Waals surface area contributed by atoms with Gasteiger partial charge >= 0.3 is 6.18 Å². The van der Waals surface area contributed by atoms with Gasteiger partial charge in [0.15, 0.2) is 0 Å². The van der Waals surface area contributed by atoms with Crippen molar-refractivity contribution < 1.29 is 17.6 Å². The first kappa shape index (κ1) is 17.8. The highest BCUT2D eigenvalue weighted by molar-refractivity contribution is 5.85. The van der Waals surface area contributed by atoms with Crippen LogP contribution in [-0.4, -0.2) is 31.1 Å². The summed E-state index contributed by atoms with van der Waals surface area (Å²) in [6.45, 7) is 2.87. The molecule has 2 aromatic rings. The van der Waals surface area contributed by atoms with E-state index in [1.165, 1.54) is 18.4 Å². The van der Waals surface area contributed by atoms with Crippen LogP contribution in [0.4, 0.5) is 13.2 Å². The van der Waals surface area contributed by atoms with Crippen molar-refractivity contribution in [2.24, 2.45) is 0 Å². The van der Waals surface area contributed by atoms with E-state index >= 15 is 0 Å². The number of piperazine rings is 1. The maximum atomic E-state index is 13.4. The van der Waals surface area contributed by atoms with E-state index < -0.39 is 17.8 Å². The molecule has 0 spiro atoms. The Labute approximate surface area is 138 Å². The number of furan rings is 1. The monoisotopic (exact) mass is 346 g/mol. The predicted molar refractivity (Wildman–Crippen MR) is 83.7 cm³/mol. The Balaban J connectivity index is 0.00000192. The molecule has 126 valence electrons. The lowest BCUT2D eigenvalue weighted by Crippen LogP contribution is -2.45. The molecule has 3 rings (SSSR count). The van der Waals surface area contributed by atoms with Gasteiger partial charge in [0.25, 0.3) is 0 Å². The van der Waals surface area contributed by atoms with E-state index in [2.05, 4.69) is 5.32 Å². The number of benzene rings is 1. The van der Waals surface area contributed by atoms with Crippen LogP contribution >= 0.6 is 12.4 Å². The Hall–Kier alpha value is -1.50. The second kappa shape index (κ2) is 7.38. The molecule has 1 aliphatic heterocycles. The van der Waals surface area contributed by atoms with Crippen LogP contribution in [0.15, 0.2) is 47.1 Å². The summed E-state index contributed by atoms with van der Waals surface area (Å²) in [5, 5.41) is 3.22. The minimum Gasteiger partial charge on any atom is -0.467 e. The standard InChI is InChI=1S/C16H17F3N2O.ClH/c17-16(18,19)13-5-2-1-4-12(13)15(14-6-3-11-22-14)21-9-7-20-8-10-21;/h1-6,11,15,20H,7-10H2;1H/t15-;/m1./s1. The summed E-state index contributed by atoms with van der Waals surface area (Å²) in [5.41, 5.74) is -0.359. The van der Waals surface area contributed by atoms with Crippen molar-refractivity contribution in [3.63, 3.8) is 0 Å². The molecule has 1 fully saturated rings. The zero-order valence-electron chi connectivity index (χ0n) is 12.3. The second-order valence-corrected chi connectivity index (χ2v) is 5.29. The van der Waals surface area contributed by atoms with Crippen molar-refractivity contribution in [3.8, 4) is 0 Å². The van der Waals surface area contributed by atoms with E-state index in [9.17, 15) is 13.2 Å². The Morgan fingerprint density at radius 2 is 1.74 bits per heavy atom. The molecule has 0 amide bonds. The quantitative estimate of drug-likeness (QED) is 0.918. The zero-order valence-corrected chi connectivity index (χ0v) is 13.2. The van der Waals surface area contributed by atoms with Crippen molar-refractivity contribution in [2.45, 2.75) is 12.2 Å². The van der Waals surface area contributed by atoms with Crippen LogP contribution in [0.25, 0.3) is 0 Å². The second-order valence-electron chi connectivity index (χ2n) is 5.29. The maximum Gasteiger partial charge on any atom is 0.416 e. The first-order valence-electron chi connectivity index (χ1n) is 7.21. The van der Waals surface area contributed by atoms with Gasteiger partial charge in [0.2, 0.25) is 0 Å². The summed E-state index contributed by atoms with van der Waals surface area (Å²) in [4.78, 5) is 2.03. The number of rotatable bonds is 3. The van der Waals surface area contributed by atoms with Crippen LogP contribution in [-0.2, 0) is 6.18 Å². The molecule has 0 bridgehead atoms.